The van der Waals surface area contributed by atoms with E-state index in [0.717, 1.165) is 6.42 Å². The number of hydrogen-bond acceptors (Lipinski definition) is 3. The highest BCUT2D eigenvalue weighted by Crippen LogP contribution is 2.20. The van der Waals surface area contributed by atoms with Gasteiger partial charge in [0, 0.05) is 6.61 Å². The second-order valence-corrected chi connectivity index (χ2v) is 4.11. The molecule has 0 aliphatic carbocycles. The third kappa shape index (κ3) is 3.27. The van der Waals surface area contributed by atoms with Crippen LogP contribution in [0.15, 0.2) is 0 Å². The van der Waals surface area contributed by atoms with Crippen LogP contribution in [0.4, 0.5) is 0 Å². The number of nitrogens with zero attached hydrogens (tertiary/aromatic N) is 1. The van der Waals surface area contributed by atoms with Crippen LogP contribution in [-0.4, -0.2) is 47.8 Å². The lowest BCUT2D eigenvalue weighted by Gasteiger charge is -2.44. The van der Waals surface area contributed by atoms with Crippen molar-refractivity contribution in [2.24, 2.45) is 0 Å². The lowest BCUT2D eigenvalue weighted by Crippen LogP contribution is -2.61. The molecular weight excluding hydrogens is 182 g/mol. The minimum Gasteiger partial charge on any atom is -0.386 e. The lowest BCUT2D eigenvalue weighted by molar-refractivity contribution is -0.153. The lowest BCUT2D eigenvalue weighted by atomic mass is 9.97. The van der Waals surface area contributed by atoms with Gasteiger partial charge in [0.05, 0.1) is 31.7 Å². The molecule has 0 aromatic carbocycles. The monoisotopic (exact) mass is 201 g/mol. The highest BCUT2D eigenvalue weighted by Gasteiger charge is 2.38. The minimum atomic E-state index is -0.667. The molecule has 1 amide bonds. The number of carbonyl (C=O) groups excluding carboxylic acids is 1. The molecule has 0 unspecified atom stereocenters. The van der Waals surface area contributed by atoms with Gasteiger partial charge in [0.2, 0.25) is 5.91 Å². The summed E-state index contributed by atoms with van der Waals surface area (Å²) in [6, 6.07) is 0. The highest BCUT2D eigenvalue weighted by atomic mass is 16.5. The van der Waals surface area contributed by atoms with Crippen molar-refractivity contribution >= 4 is 5.91 Å². The molecule has 0 spiro atoms. The fourth-order valence-electron chi connectivity index (χ4n) is 1.52. The van der Waals surface area contributed by atoms with Crippen molar-refractivity contribution in [2.75, 3.05) is 26.3 Å². The zero-order chi connectivity index (χ0) is 10.6. The predicted octanol–water partition coefficient (Wildman–Crippen LogP) is 0.396. The van der Waals surface area contributed by atoms with Crippen molar-refractivity contribution in [3.8, 4) is 0 Å². The third-order valence-electron chi connectivity index (χ3n) is 2.22. The van der Waals surface area contributed by atoms with Gasteiger partial charge < -0.3 is 14.7 Å². The van der Waals surface area contributed by atoms with Crippen LogP contribution in [0.3, 0.4) is 0 Å². The van der Waals surface area contributed by atoms with Gasteiger partial charge in [-0.2, -0.15) is 0 Å². The number of ether oxygens (including phenoxy) is 1. The average Bonchev–Trinajstić information content (AvgIpc) is 2.08. The van der Waals surface area contributed by atoms with E-state index in [4.69, 9.17) is 4.74 Å². The quantitative estimate of drug-likeness (QED) is 0.655. The number of carbonyl (C=O) groups is 1. The first-order chi connectivity index (χ1) is 6.55. The molecule has 1 saturated heterocycles. The van der Waals surface area contributed by atoms with Crippen LogP contribution in [0.25, 0.3) is 0 Å². The fraction of sp³-hybridized carbons (Fsp3) is 0.900. The molecule has 1 rings (SSSR count). The molecule has 0 aromatic heterocycles. The summed E-state index contributed by atoms with van der Waals surface area (Å²) < 4.78 is 5.21. The Morgan fingerprint density at radius 3 is 2.64 bits per heavy atom. The number of hydrogen-bond donors (Lipinski definition) is 1. The maximum atomic E-state index is 11.4. The SMILES string of the molecule is CCCOCCC(=O)N1CC(C)(O)C1. The van der Waals surface area contributed by atoms with Gasteiger partial charge in [-0.3, -0.25) is 4.79 Å². The van der Waals surface area contributed by atoms with Gasteiger partial charge in [0.1, 0.15) is 0 Å². The smallest absolute Gasteiger partial charge is 0.225 e. The van der Waals surface area contributed by atoms with E-state index in [9.17, 15) is 9.90 Å². The molecule has 14 heavy (non-hydrogen) atoms. The summed E-state index contributed by atoms with van der Waals surface area (Å²) >= 11 is 0. The molecular formula is C10H19NO3. The largest absolute Gasteiger partial charge is 0.386 e. The Morgan fingerprint density at radius 2 is 2.14 bits per heavy atom. The van der Waals surface area contributed by atoms with Crippen LogP contribution in [0.2, 0.25) is 0 Å². The van der Waals surface area contributed by atoms with Gasteiger partial charge in [-0.1, -0.05) is 6.92 Å². The number of aliphatic hydroxyl groups is 1. The first kappa shape index (κ1) is 11.5. The molecule has 0 bridgehead atoms. The maximum absolute atomic E-state index is 11.4. The van der Waals surface area contributed by atoms with Crippen LogP contribution < -0.4 is 0 Å². The van der Waals surface area contributed by atoms with Gasteiger partial charge in [-0.25, -0.2) is 0 Å². The van der Waals surface area contributed by atoms with Crippen LogP contribution >= 0.6 is 0 Å². The Balaban J connectivity index is 2.06. The van der Waals surface area contributed by atoms with E-state index < -0.39 is 5.60 Å². The van der Waals surface area contributed by atoms with E-state index in [1.54, 1.807) is 11.8 Å². The Kier molecular flexibility index (Phi) is 3.89. The zero-order valence-corrected chi connectivity index (χ0v) is 8.95. The van der Waals surface area contributed by atoms with Crippen LogP contribution in [0.1, 0.15) is 26.7 Å². The Labute approximate surface area is 84.8 Å². The number of amides is 1. The fourth-order valence-corrected chi connectivity index (χ4v) is 1.52. The molecule has 0 radical (unpaired) electrons. The van der Waals surface area contributed by atoms with Crippen molar-refractivity contribution in [1.82, 2.24) is 4.90 Å². The van der Waals surface area contributed by atoms with Crippen molar-refractivity contribution < 1.29 is 14.6 Å². The minimum absolute atomic E-state index is 0.0765. The van der Waals surface area contributed by atoms with Gasteiger partial charge in [-0.15, -0.1) is 0 Å². The topological polar surface area (TPSA) is 49.8 Å². The van der Waals surface area contributed by atoms with Crippen molar-refractivity contribution in [2.45, 2.75) is 32.3 Å². The third-order valence-corrected chi connectivity index (χ3v) is 2.22. The molecule has 0 aromatic rings. The van der Waals surface area contributed by atoms with E-state index in [1.807, 2.05) is 6.92 Å². The van der Waals surface area contributed by atoms with E-state index >= 15 is 0 Å². The summed E-state index contributed by atoms with van der Waals surface area (Å²) in [7, 11) is 0. The second kappa shape index (κ2) is 4.75. The number of β-amino-alcohol motifs (C(OH)–C–C–N with tert-alkyl or cyclic N) is 1. The molecule has 1 aliphatic heterocycles. The zero-order valence-electron chi connectivity index (χ0n) is 8.95. The van der Waals surface area contributed by atoms with Crippen molar-refractivity contribution in [1.29, 1.82) is 0 Å². The highest BCUT2D eigenvalue weighted by molar-refractivity contribution is 5.77. The van der Waals surface area contributed by atoms with Gasteiger partial charge >= 0.3 is 0 Å². The first-order valence-electron chi connectivity index (χ1n) is 5.13. The summed E-state index contributed by atoms with van der Waals surface area (Å²) in [4.78, 5) is 13.1. The normalized spacial score (nSPS) is 19.2. The van der Waals surface area contributed by atoms with Gasteiger partial charge in [0.15, 0.2) is 0 Å². The Bertz CT molecular complexity index is 196. The Hall–Kier alpha value is -0.610. The van der Waals surface area contributed by atoms with E-state index in [-0.39, 0.29) is 5.91 Å². The summed E-state index contributed by atoms with van der Waals surface area (Å²) in [6.45, 7) is 5.90. The maximum Gasteiger partial charge on any atom is 0.225 e. The molecule has 4 heteroatoms. The predicted molar refractivity (Wildman–Crippen MR) is 52.9 cm³/mol. The summed E-state index contributed by atoms with van der Waals surface area (Å²) in [6.07, 6.45) is 1.41. The van der Waals surface area contributed by atoms with Crippen LogP contribution in [0.5, 0.6) is 0 Å². The molecule has 1 N–H and O–H groups in total. The summed E-state index contributed by atoms with van der Waals surface area (Å²) in [5.41, 5.74) is -0.667. The molecule has 1 fully saturated rings. The Morgan fingerprint density at radius 1 is 1.50 bits per heavy atom. The average molecular weight is 201 g/mol. The van der Waals surface area contributed by atoms with E-state index in [0.29, 0.717) is 32.7 Å². The van der Waals surface area contributed by atoms with Crippen LogP contribution in [0, 0.1) is 0 Å². The van der Waals surface area contributed by atoms with E-state index in [2.05, 4.69) is 0 Å². The number of rotatable bonds is 5. The summed E-state index contributed by atoms with van der Waals surface area (Å²) in [5.74, 6) is 0.0765. The summed E-state index contributed by atoms with van der Waals surface area (Å²) in [5, 5.41) is 9.42. The van der Waals surface area contributed by atoms with Gasteiger partial charge in [-0.05, 0) is 13.3 Å². The standard InChI is InChI=1S/C10H19NO3/c1-3-5-14-6-4-9(12)11-7-10(2,13)8-11/h13H,3-8H2,1-2H3. The molecule has 82 valence electrons. The van der Waals surface area contributed by atoms with Gasteiger partial charge in [0.25, 0.3) is 0 Å². The van der Waals surface area contributed by atoms with Crippen molar-refractivity contribution in [3.05, 3.63) is 0 Å². The molecule has 1 heterocycles. The number of likely N-dealkylation sites (tertiary alicyclic amines) is 1. The first-order valence-corrected chi connectivity index (χ1v) is 5.13. The van der Waals surface area contributed by atoms with Crippen LogP contribution in [-0.2, 0) is 9.53 Å². The van der Waals surface area contributed by atoms with E-state index in [1.165, 1.54) is 0 Å². The van der Waals surface area contributed by atoms with Crippen molar-refractivity contribution in [3.63, 3.8) is 0 Å². The molecule has 0 atom stereocenters. The second-order valence-electron chi connectivity index (χ2n) is 4.11. The molecule has 1 aliphatic rings. The molecule has 0 saturated carbocycles. The molecule has 4 nitrogen and oxygen atoms in total.